The van der Waals surface area contributed by atoms with Crippen molar-refractivity contribution in [2.45, 2.75) is 6.54 Å². The summed E-state index contributed by atoms with van der Waals surface area (Å²) in [4.78, 5) is 16.5. The number of nitrogens with one attached hydrogen (secondary N) is 2. The first-order chi connectivity index (χ1) is 11.7. The van der Waals surface area contributed by atoms with Crippen molar-refractivity contribution in [2.24, 2.45) is 0 Å². The Morgan fingerprint density at radius 1 is 1.38 bits per heavy atom. The van der Waals surface area contributed by atoms with Gasteiger partial charge in [0.25, 0.3) is 5.91 Å². The van der Waals surface area contributed by atoms with Crippen molar-refractivity contribution >= 4 is 34.3 Å². The minimum Gasteiger partial charge on any atom is -0.345 e. The molecule has 0 fully saturated rings. The van der Waals surface area contributed by atoms with E-state index in [0.29, 0.717) is 12.2 Å². The SMILES string of the molecule is CSN(C)c1nc(C(=O)NCc2cc(-c3ccccc3)n[nH]2)cs1. The third kappa shape index (κ3) is 3.77. The molecule has 0 spiro atoms. The summed E-state index contributed by atoms with van der Waals surface area (Å²) in [5.41, 5.74) is 3.17. The van der Waals surface area contributed by atoms with Crippen LogP contribution in [0.3, 0.4) is 0 Å². The minimum atomic E-state index is -0.192. The fourth-order valence-electron chi connectivity index (χ4n) is 2.07. The number of hydrogen-bond acceptors (Lipinski definition) is 6. The Morgan fingerprint density at radius 2 is 2.17 bits per heavy atom. The molecular formula is C16H17N5OS2. The van der Waals surface area contributed by atoms with Crippen molar-refractivity contribution in [3.8, 4) is 11.3 Å². The van der Waals surface area contributed by atoms with E-state index in [2.05, 4.69) is 20.5 Å². The summed E-state index contributed by atoms with van der Waals surface area (Å²) >= 11 is 3.00. The Bertz CT molecular complexity index is 815. The molecule has 3 rings (SSSR count). The normalized spacial score (nSPS) is 10.6. The highest BCUT2D eigenvalue weighted by molar-refractivity contribution is 8.00. The topological polar surface area (TPSA) is 73.9 Å². The second-order valence-corrected chi connectivity index (χ2v) is 6.77. The van der Waals surface area contributed by atoms with Gasteiger partial charge >= 0.3 is 0 Å². The highest BCUT2D eigenvalue weighted by Crippen LogP contribution is 2.23. The molecule has 0 saturated carbocycles. The first-order valence-electron chi connectivity index (χ1n) is 7.28. The molecule has 2 aromatic heterocycles. The Balaban J connectivity index is 1.61. The van der Waals surface area contributed by atoms with Gasteiger partial charge in [0.15, 0.2) is 5.13 Å². The largest absolute Gasteiger partial charge is 0.345 e. The number of benzene rings is 1. The molecular weight excluding hydrogens is 342 g/mol. The number of aromatic nitrogens is 3. The molecule has 1 amide bonds. The van der Waals surface area contributed by atoms with Crippen LogP contribution in [-0.2, 0) is 6.54 Å². The lowest BCUT2D eigenvalue weighted by Crippen LogP contribution is -2.23. The first-order valence-corrected chi connectivity index (χ1v) is 9.35. The van der Waals surface area contributed by atoms with Gasteiger partial charge in [0, 0.05) is 24.2 Å². The van der Waals surface area contributed by atoms with Crippen molar-refractivity contribution in [1.82, 2.24) is 20.5 Å². The number of anilines is 1. The van der Waals surface area contributed by atoms with Crippen LogP contribution in [0.2, 0.25) is 0 Å². The summed E-state index contributed by atoms with van der Waals surface area (Å²) in [6.45, 7) is 0.379. The molecule has 2 N–H and O–H groups in total. The highest BCUT2D eigenvalue weighted by Gasteiger charge is 2.13. The van der Waals surface area contributed by atoms with Crippen LogP contribution in [-0.4, -0.2) is 34.4 Å². The van der Waals surface area contributed by atoms with Crippen LogP contribution in [0.4, 0.5) is 5.13 Å². The monoisotopic (exact) mass is 359 g/mol. The first kappa shape index (κ1) is 16.5. The van der Waals surface area contributed by atoms with E-state index < -0.39 is 0 Å². The van der Waals surface area contributed by atoms with Crippen LogP contribution < -0.4 is 9.62 Å². The quantitative estimate of drug-likeness (QED) is 0.661. The molecule has 0 bridgehead atoms. The van der Waals surface area contributed by atoms with Crippen LogP contribution in [0.5, 0.6) is 0 Å². The summed E-state index contributed by atoms with van der Waals surface area (Å²) in [7, 11) is 1.92. The lowest BCUT2D eigenvalue weighted by atomic mass is 10.1. The predicted molar refractivity (Wildman–Crippen MR) is 99.2 cm³/mol. The van der Waals surface area contributed by atoms with E-state index in [1.165, 1.54) is 11.3 Å². The molecule has 0 aliphatic heterocycles. The van der Waals surface area contributed by atoms with Crippen molar-refractivity contribution < 1.29 is 4.79 Å². The minimum absolute atomic E-state index is 0.192. The average Bonchev–Trinajstić information content (AvgIpc) is 3.29. The molecule has 6 nitrogen and oxygen atoms in total. The summed E-state index contributed by atoms with van der Waals surface area (Å²) < 4.78 is 1.92. The number of carbonyl (C=O) groups is 1. The molecule has 0 aliphatic rings. The Kier molecular flexibility index (Phi) is 5.17. The molecule has 0 saturated heterocycles. The average molecular weight is 359 g/mol. The molecule has 2 heterocycles. The summed E-state index contributed by atoms with van der Waals surface area (Å²) in [5, 5.41) is 12.7. The number of hydrogen-bond donors (Lipinski definition) is 2. The van der Waals surface area contributed by atoms with Crippen LogP contribution in [0.15, 0.2) is 41.8 Å². The Morgan fingerprint density at radius 3 is 2.92 bits per heavy atom. The van der Waals surface area contributed by atoms with Gasteiger partial charge in [0.1, 0.15) is 5.69 Å². The lowest BCUT2D eigenvalue weighted by Gasteiger charge is -2.09. The molecule has 0 radical (unpaired) electrons. The second-order valence-electron chi connectivity index (χ2n) is 5.02. The van der Waals surface area contributed by atoms with Crippen molar-refractivity contribution in [3.63, 3.8) is 0 Å². The molecule has 3 aromatic rings. The fraction of sp³-hybridized carbons (Fsp3) is 0.188. The van der Waals surface area contributed by atoms with Crippen LogP contribution in [0, 0.1) is 0 Å². The Labute approximate surface area is 148 Å². The van der Waals surface area contributed by atoms with E-state index in [-0.39, 0.29) is 5.91 Å². The number of amides is 1. The zero-order valence-corrected chi connectivity index (χ0v) is 14.9. The summed E-state index contributed by atoms with van der Waals surface area (Å²) in [6, 6.07) is 11.8. The van der Waals surface area contributed by atoms with E-state index in [0.717, 1.165) is 22.1 Å². The number of nitrogens with zero attached hydrogens (tertiary/aromatic N) is 3. The van der Waals surface area contributed by atoms with Gasteiger partial charge in [-0.15, -0.1) is 11.3 Å². The van der Waals surface area contributed by atoms with Gasteiger partial charge < -0.3 is 5.32 Å². The number of thiazole rings is 1. The fourth-order valence-corrected chi connectivity index (χ4v) is 3.29. The second kappa shape index (κ2) is 7.50. The molecule has 0 unspecified atom stereocenters. The molecule has 0 aliphatic carbocycles. The van der Waals surface area contributed by atoms with Crippen molar-refractivity contribution in [1.29, 1.82) is 0 Å². The Hall–Kier alpha value is -2.32. The number of carbonyl (C=O) groups excluding carboxylic acids is 1. The maximum Gasteiger partial charge on any atom is 0.271 e. The van der Waals surface area contributed by atoms with E-state index in [1.54, 1.807) is 17.3 Å². The van der Waals surface area contributed by atoms with Gasteiger partial charge in [-0.3, -0.25) is 14.2 Å². The van der Waals surface area contributed by atoms with Gasteiger partial charge in [-0.2, -0.15) is 5.10 Å². The molecule has 124 valence electrons. The lowest BCUT2D eigenvalue weighted by molar-refractivity contribution is 0.0946. The maximum atomic E-state index is 12.2. The van der Waals surface area contributed by atoms with Crippen LogP contribution in [0.25, 0.3) is 11.3 Å². The van der Waals surface area contributed by atoms with Gasteiger partial charge in [0.05, 0.1) is 17.9 Å². The number of rotatable bonds is 6. The molecule has 8 heteroatoms. The molecule has 24 heavy (non-hydrogen) atoms. The smallest absolute Gasteiger partial charge is 0.271 e. The van der Waals surface area contributed by atoms with Crippen molar-refractivity contribution in [2.75, 3.05) is 17.6 Å². The van der Waals surface area contributed by atoms with E-state index in [1.807, 2.05) is 54.0 Å². The zero-order chi connectivity index (χ0) is 16.9. The zero-order valence-electron chi connectivity index (χ0n) is 13.3. The third-order valence-electron chi connectivity index (χ3n) is 3.41. The molecule has 0 atom stereocenters. The number of aromatic amines is 1. The van der Waals surface area contributed by atoms with E-state index >= 15 is 0 Å². The number of H-pyrrole nitrogens is 1. The van der Waals surface area contributed by atoms with Crippen molar-refractivity contribution in [3.05, 3.63) is 53.2 Å². The molecule has 1 aromatic carbocycles. The van der Waals surface area contributed by atoms with Gasteiger partial charge in [-0.1, -0.05) is 42.3 Å². The maximum absolute atomic E-state index is 12.2. The van der Waals surface area contributed by atoms with E-state index in [9.17, 15) is 4.79 Å². The summed E-state index contributed by atoms with van der Waals surface area (Å²) in [5.74, 6) is -0.192. The van der Waals surface area contributed by atoms with Crippen LogP contribution >= 0.6 is 23.3 Å². The third-order valence-corrected chi connectivity index (χ3v) is 5.16. The van der Waals surface area contributed by atoms with Crippen LogP contribution in [0.1, 0.15) is 16.2 Å². The van der Waals surface area contributed by atoms with E-state index in [4.69, 9.17) is 0 Å². The standard InChI is InChI=1S/C16H17N5OS2/c1-21(23-2)16-18-14(10-24-16)15(22)17-9-12-8-13(20-19-12)11-6-4-3-5-7-11/h3-8,10H,9H2,1-2H3,(H,17,22)(H,19,20). The highest BCUT2D eigenvalue weighted by atomic mass is 32.2. The van der Waals surface area contributed by atoms with Gasteiger partial charge in [0.2, 0.25) is 0 Å². The van der Waals surface area contributed by atoms with Gasteiger partial charge in [-0.05, 0) is 6.07 Å². The predicted octanol–water partition coefficient (Wildman–Crippen LogP) is 3.18. The van der Waals surface area contributed by atoms with Gasteiger partial charge in [-0.25, -0.2) is 4.98 Å². The summed E-state index contributed by atoms with van der Waals surface area (Å²) in [6.07, 6.45) is 1.96.